The molecule has 0 heterocycles. The average molecular weight is 224 g/mol. The molecule has 82 valence electrons. The van der Waals surface area contributed by atoms with Crippen molar-refractivity contribution in [1.82, 2.24) is 0 Å². The van der Waals surface area contributed by atoms with Crippen molar-refractivity contribution >= 4 is 17.3 Å². The first-order valence-corrected chi connectivity index (χ1v) is 6.14. The lowest BCUT2D eigenvalue weighted by molar-refractivity contribution is 0.358. The molecule has 1 N–H and O–H groups in total. The van der Waals surface area contributed by atoms with E-state index in [1.807, 2.05) is 18.2 Å². The van der Waals surface area contributed by atoms with E-state index in [-0.39, 0.29) is 0 Å². The first kappa shape index (κ1) is 10.8. The van der Waals surface area contributed by atoms with Crippen LogP contribution in [0.3, 0.4) is 0 Å². The third-order valence-electron chi connectivity index (χ3n) is 3.13. The summed E-state index contributed by atoms with van der Waals surface area (Å²) in [6.45, 7) is 2.34. The summed E-state index contributed by atoms with van der Waals surface area (Å²) in [6.07, 6.45) is 5.30. The van der Waals surface area contributed by atoms with E-state index in [0.717, 1.165) is 16.6 Å². The van der Waals surface area contributed by atoms with Gasteiger partial charge in [-0.1, -0.05) is 37.4 Å². The molecule has 1 saturated carbocycles. The molecule has 1 aliphatic rings. The molecule has 0 amide bonds. The number of hydrogen-bond acceptors (Lipinski definition) is 1. The predicted octanol–water partition coefficient (Wildman–Crippen LogP) is 4.33. The van der Waals surface area contributed by atoms with E-state index in [1.165, 1.54) is 25.7 Å². The van der Waals surface area contributed by atoms with E-state index in [2.05, 4.69) is 18.3 Å². The molecule has 2 rings (SSSR count). The molecule has 0 aromatic heterocycles. The Balaban J connectivity index is 1.96. The first-order chi connectivity index (χ1) is 7.24. The number of halogens is 1. The van der Waals surface area contributed by atoms with E-state index in [9.17, 15) is 0 Å². The summed E-state index contributed by atoms with van der Waals surface area (Å²) < 4.78 is 0. The fourth-order valence-electron chi connectivity index (χ4n) is 2.38. The van der Waals surface area contributed by atoms with Gasteiger partial charge in [0.1, 0.15) is 0 Å². The maximum absolute atomic E-state index is 5.95. The Morgan fingerprint density at radius 2 is 2.20 bits per heavy atom. The van der Waals surface area contributed by atoms with Crippen LogP contribution in [0.15, 0.2) is 24.3 Å². The van der Waals surface area contributed by atoms with Crippen molar-refractivity contribution in [3.8, 4) is 0 Å². The van der Waals surface area contributed by atoms with Crippen LogP contribution in [0, 0.1) is 5.92 Å². The Morgan fingerprint density at radius 1 is 1.33 bits per heavy atom. The van der Waals surface area contributed by atoms with E-state index in [1.54, 1.807) is 0 Å². The first-order valence-electron chi connectivity index (χ1n) is 5.76. The molecule has 0 saturated heterocycles. The van der Waals surface area contributed by atoms with E-state index in [0.29, 0.717) is 6.04 Å². The van der Waals surface area contributed by atoms with Gasteiger partial charge in [-0.15, -0.1) is 0 Å². The normalized spacial score (nSPS) is 26.3. The maximum Gasteiger partial charge on any atom is 0.0426 e. The molecule has 0 bridgehead atoms. The number of rotatable bonds is 2. The standard InChI is InChI=1S/C13H18ClN/c1-10-4-2-6-12(8-10)15-13-7-3-5-11(14)9-13/h3,5,7,9-10,12,15H,2,4,6,8H2,1H3. The third kappa shape index (κ3) is 3.13. The van der Waals surface area contributed by atoms with E-state index >= 15 is 0 Å². The fourth-order valence-corrected chi connectivity index (χ4v) is 2.57. The highest BCUT2D eigenvalue weighted by atomic mass is 35.5. The summed E-state index contributed by atoms with van der Waals surface area (Å²) in [4.78, 5) is 0. The highest BCUT2D eigenvalue weighted by Crippen LogP contribution is 2.26. The van der Waals surface area contributed by atoms with Gasteiger partial charge in [0, 0.05) is 16.8 Å². The quantitative estimate of drug-likeness (QED) is 0.787. The molecular formula is C13H18ClN. The molecule has 15 heavy (non-hydrogen) atoms. The Morgan fingerprint density at radius 3 is 2.93 bits per heavy atom. The molecule has 2 heteroatoms. The van der Waals surface area contributed by atoms with Crippen LogP contribution in [0.2, 0.25) is 5.02 Å². The summed E-state index contributed by atoms with van der Waals surface area (Å²) in [5, 5.41) is 4.38. The third-order valence-corrected chi connectivity index (χ3v) is 3.37. The Labute approximate surface area is 96.8 Å². The average Bonchev–Trinajstić information content (AvgIpc) is 2.17. The predicted molar refractivity (Wildman–Crippen MR) is 66.5 cm³/mol. The van der Waals surface area contributed by atoms with Gasteiger partial charge in [0.25, 0.3) is 0 Å². The minimum atomic E-state index is 0.632. The van der Waals surface area contributed by atoms with Crippen LogP contribution >= 0.6 is 11.6 Å². The number of nitrogens with one attached hydrogen (secondary N) is 1. The molecule has 1 fully saturated rings. The van der Waals surface area contributed by atoms with E-state index in [4.69, 9.17) is 11.6 Å². The van der Waals surface area contributed by atoms with Crippen LogP contribution in [0.5, 0.6) is 0 Å². The van der Waals surface area contributed by atoms with Gasteiger partial charge >= 0.3 is 0 Å². The summed E-state index contributed by atoms with van der Waals surface area (Å²) in [7, 11) is 0. The Hall–Kier alpha value is -0.690. The molecule has 0 aliphatic heterocycles. The molecule has 2 atom stereocenters. The van der Waals surface area contributed by atoms with Crippen molar-refractivity contribution in [3.05, 3.63) is 29.3 Å². The molecular weight excluding hydrogens is 206 g/mol. The van der Waals surface area contributed by atoms with Gasteiger partial charge in [-0.3, -0.25) is 0 Å². The maximum atomic E-state index is 5.95. The topological polar surface area (TPSA) is 12.0 Å². The van der Waals surface area contributed by atoms with Crippen molar-refractivity contribution in [2.24, 2.45) is 5.92 Å². The van der Waals surface area contributed by atoms with Gasteiger partial charge in [0.2, 0.25) is 0 Å². The van der Waals surface area contributed by atoms with Gasteiger partial charge in [0.15, 0.2) is 0 Å². The summed E-state index contributed by atoms with van der Waals surface area (Å²) in [5.74, 6) is 0.857. The van der Waals surface area contributed by atoms with Gasteiger partial charge < -0.3 is 5.32 Å². The minimum absolute atomic E-state index is 0.632. The second-order valence-electron chi connectivity index (χ2n) is 4.62. The van der Waals surface area contributed by atoms with Gasteiger partial charge in [-0.2, -0.15) is 0 Å². The number of hydrogen-bond donors (Lipinski definition) is 1. The SMILES string of the molecule is CC1CCCC(Nc2cccc(Cl)c2)C1. The van der Waals surface area contributed by atoms with E-state index < -0.39 is 0 Å². The molecule has 0 radical (unpaired) electrons. The lowest BCUT2D eigenvalue weighted by atomic mass is 9.87. The Kier molecular flexibility index (Phi) is 3.53. The van der Waals surface area contributed by atoms with Crippen LogP contribution in [0.4, 0.5) is 5.69 Å². The van der Waals surface area contributed by atoms with Gasteiger partial charge in [0.05, 0.1) is 0 Å². The molecule has 2 unspecified atom stereocenters. The van der Waals surface area contributed by atoms with Crippen LogP contribution in [0.1, 0.15) is 32.6 Å². The highest BCUT2D eigenvalue weighted by molar-refractivity contribution is 6.30. The van der Waals surface area contributed by atoms with Crippen LogP contribution in [-0.4, -0.2) is 6.04 Å². The van der Waals surface area contributed by atoms with Crippen molar-refractivity contribution in [3.63, 3.8) is 0 Å². The van der Waals surface area contributed by atoms with Crippen molar-refractivity contribution in [2.45, 2.75) is 38.6 Å². The smallest absolute Gasteiger partial charge is 0.0426 e. The zero-order chi connectivity index (χ0) is 10.7. The van der Waals surface area contributed by atoms with Crippen LogP contribution in [-0.2, 0) is 0 Å². The van der Waals surface area contributed by atoms with Gasteiger partial charge in [-0.05, 0) is 37.0 Å². The lowest BCUT2D eigenvalue weighted by Gasteiger charge is -2.28. The van der Waals surface area contributed by atoms with Crippen molar-refractivity contribution in [2.75, 3.05) is 5.32 Å². The lowest BCUT2D eigenvalue weighted by Crippen LogP contribution is -2.26. The molecule has 0 spiro atoms. The van der Waals surface area contributed by atoms with Crippen LogP contribution < -0.4 is 5.32 Å². The second kappa shape index (κ2) is 4.89. The monoisotopic (exact) mass is 223 g/mol. The summed E-state index contributed by atoms with van der Waals surface area (Å²) >= 11 is 5.95. The number of benzene rings is 1. The second-order valence-corrected chi connectivity index (χ2v) is 5.06. The molecule has 1 aromatic rings. The molecule has 1 nitrogen and oxygen atoms in total. The van der Waals surface area contributed by atoms with Crippen LogP contribution in [0.25, 0.3) is 0 Å². The highest BCUT2D eigenvalue weighted by Gasteiger charge is 2.18. The zero-order valence-electron chi connectivity index (χ0n) is 9.17. The summed E-state index contributed by atoms with van der Waals surface area (Å²) in [6, 6.07) is 8.63. The molecule has 1 aliphatic carbocycles. The zero-order valence-corrected chi connectivity index (χ0v) is 9.93. The fraction of sp³-hybridized carbons (Fsp3) is 0.538. The Bertz CT molecular complexity index is 324. The minimum Gasteiger partial charge on any atom is -0.382 e. The van der Waals surface area contributed by atoms with Crippen molar-refractivity contribution in [1.29, 1.82) is 0 Å². The van der Waals surface area contributed by atoms with Crippen molar-refractivity contribution < 1.29 is 0 Å². The number of anilines is 1. The largest absolute Gasteiger partial charge is 0.382 e. The summed E-state index contributed by atoms with van der Waals surface area (Å²) in [5.41, 5.74) is 1.15. The molecule has 1 aromatic carbocycles. The van der Waals surface area contributed by atoms with Gasteiger partial charge in [-0.25, -0.2) is 0 Å².